The van der Waals surface area contributed by atoms with Crippen molar-refractivity contribution >= 4 is 27.3 Å². The molecule has 0 unspecified atom stereocenters. The van der Waals surface area contributed by atoms with Crippen molar-refractivity contribution in [2.45, 2.75) is 16.8 Å². The Morgan fingerprint density at radius 1 is 1.21 bits per heavy atom. The SMILES string of the molecule is NC(=O)c1ncc(C(F)(F)F)cc1S(=O)(=O)Cc1ccc(Cl)cc1. The zero-order chi connectivity index (χ0) is 18.1. The number of nitrogens with zero attached hydrogens (tertiary/aromatic N) is 1. The van der Waals surface area contributed by atoms with Gasteiger partial charge in [0.1, 0.15) is 5.69 Å². The first-order chi connectivity index (χ1) is 11.0. The number of benzene rings is 1. The molecule has 0 saturated carbocycles. The van der Waals surface area contributed by atoms with E-state index in [0.29, 0.717) is 17.3 Å². The number of aromatic nitrogens is 1. The van der Waals surface area contributed by atoms with Crippen LogP contribution in [0.5, 0.6) is 0 Å². The van der Waals surface area contributed by atoms with E-state index in [1.807, 2.05) is 0 Å². The maximum absolute atomic E-state index is 12.8. The van der Waals surface area contributed by atoms with Crippen LogP contribution < -0.4 is 5.73 Å². The van der Waals surface area contributed by atoms with Crippen LogP contribution in [-0.4, -0.2) is 19.3 Å². The molecule has 0 fully saturated rings. The number of halogens is 4. The highest BCUT2D eigenvalue weighted by Crippen LogP contribution is 2.31. The van der Waals surface area contributed by atoms with Gasteiger partial charge in [-0.2, -0.15) is 13.2 Å². The van der Waals surface area contributed by atoms with Crippen molar-refractivity contribution in [2.75, 3.05) is 0 Å². The fourth-order valence-corrected chi connectivity index (χ4v) is 3.57. The van der Waals surface area contributed by atoms with Crippen LogP contribution in [0.1, 0.15) is 21.6 Å². The maximum Gasteiger partial charge on any atom is 0.417 e. The van der Waals surface area contributed by atoms with Crippen molar-refractivity contribution < 1.29 is 26.4 Å². The summed E-state index contributed by atoms with van der Waals surface area (Å²) in [5.41, 5.74) is 3.27. The molecule has 10 heteroatoms. The zero-order valence-corrected chi connectivity index (χ0v) is 13.4. The Bertz CT molecular complexity index is 881. The molecule has 0 spiro atoms. The lowest BCUT2D eigenvalue weighted by atomic mass is 10.2. The highest BCUT2D eigenvalue weighted by molar-refractivity contribution is 7.90. The molecule has 2 N–H and O–H groups in total. The summed E-state index contributed by atoms with van der Waals surface area (Å²) in [4.78, 5) is 13.7. The van der Waals surface area contributed by atoms with E-state index in [1.54, 1.807) is 0 Å². The van der Waals surface area contributed by atoms with Gasteiger partial charge in [0.25, 0.3) is 5.91 Å². The van der Waals surface area contributed by atoms with E-state index in [-0.39, 0.29) is 5.56 Å². The Balaban J connectivity index is 2.54. The quantitative estimate of drug-likeness (QED) is 0.885. The second kappa shape index (κ2) is 6.40. The molecule has 1 aromatic heterocycles. The van der Waals surface area contributed by atoms with E-state index < -0.39 is 43.8 Å². The average Bonchev–Trinajstić information content (AvgIpc) is 2.48. The van der Waals surface area contributed by atoms with E-state index in [9.17, 15) is 26.4 Å². The van der Waals surface area contributed by atoms with E-state index in [2.05, 4.69) is 4.98 Å². The fraction of sp³-hybridized carbons (Fsp3) is 0.143. The number of hydrogen-bond donors (Lipinski definition) is 1. The molecular formula is C14H10ClF3N2O3S. The van der Waals surface area contributed by atoms with Crippen molar-refractivity contribution in [1.29, 1.82) is 0 Å². The molecule has 0 radical (unpaired) electrons. The summed E-state index contributed by atoms with van der Waals surface area (Å²) < 4.78 is 63.3. The molecule has 0 bridgehead atoms. The van der Waals surface area contributed by atoms with E-state index in [0.717, 1.165) is 0 Å². The monoisotopic (exact) mass is 378 g/mol. The number of amides is 1. The molecule has 0 atom stereocenters. The number of sulfone groups is 1. The summed E-state index contributed by atoms with van der Waals surface area (Å²) >= 11 is 5.69. The average molecular weight is 379 g/mol. The maximum atomic E-state index is 12.8. The van der Waals surface area contributed by atoms with Crippen LogP contribution in [0.25, 0.3) is 0 Å². The molecule has 24 heavy (non-hydrogen) atoms. The minimum absolute atomic E-state index is 0.284. The lowest BCUT2D eigenvalue weighted by Crippen LogP contribution is -2.20. The molecular weight excluding hydrogens is 369 g/mol. The lowest BCUT2D eigenvalue weighted by molar-refractivity contribution is -0.138. The van der Waals surface area contributed by atoms with Crippen molar-refractivity contribution in [2.24, 2.45) is 5.73 Å². The van der Waals surface area contributed by atoms with Gasteiger partial charge in [-0.15, -0.1) is 0 Å². The standard InChI is InChI=1S/C14H10ClF3N2O3S/c15-10-3-1-8(2-4-10)7-24(22,23)11-5-9(14(16,17)18)6-20-12(11)13(19)21/h1-6H,7H2,(H2,19,21). The van der Waals surface area contributed by atoms with Gasteiger partial charge in [-0.05, 0) is 23.8 Å². The van der Waals surface area contributed by atoms with E-state index >= 15 is 0 Å². The van der Waals surface area contributed by atoms with Crippen molar-refractivity contribution in [3.63, 3.8) is 0 Å². The number of alkyl halides is 3. The third kappa shape index (κ3) is 4.04. The van der Waals surface area contributed by atoms with Gasteiger partial charge < -0.3 is 5.73 Å². The van der Waals surface area contributed by atoms with Gasteiger partial charge >= 0.3 is 6.18 Å². The molecule has 1 amide bonds. The number of carbonyl (C=O) groups excluding carboxylic acids is 1. The zero-order valence-electron chi connectivity index (χ0n) is 11.8. The van der Waals surface area contributed by atoms with E-state index in [4.69, 9.17) is 17.3 Å². The van der Waals surface area contributed by atoms with Crippen LogP contribution in [0.4, 0.5) is 13.2 Å². The summed E-state index contributed by atoms with van der Waals surface area (Å²) in [7, 11) is -4.29. The minimum atomic E-state index is -4.81. The Kier molecular flexibility index (Phi) is 4.86. The molecule has 0 aliphatic heterocycles. The summed E-state index contributed by atoms with van der Waals surface area (Å²) in [5, 5.41) is 0.370. The number of pyridine rings is 1. The van der Waals surface area contributed by atoms with Crippen LogP contribution in [0.15, 0.2) is 41.4 Å². The highest BCUT2D eigenvalue weighted by Gasteiger charge is 2.34. The van der Waals surface area contributed by atoms with E-state index in [1.165, 1.54) is 24.3 Å². The van der Waals surface area contributed by atoms with Crippen LogP contribution >= 0.6 is 11.6 Å². The first-order valence-electron chi connectivity index (χ1n) is 6.35. The smallest absolute Gasteiger partial charge is 0.364 e. The Morgan fingerprint density at radius 3 is 2.29 bits per heavy atom. The van der Waals surface area contributed by atoms with Gasteiger partial charge in [-0.1, -0.05) is 23.7 Å². The number of rotatable bonds is 4. The van der Waals surface area contributed by atoms with Crippen LogP contribution in [0.3, 0.4) is 0 Å². The second-order valence-corrected chi connectivity index (χ2v) is 7.21. The summed E-state index contributed by atoms with van der Waals surface area (Å²) in [6, 6.07) is 6.05. The number of hydrogen-bond acceptors (Lipinski definition) is 4. The molecule has 5 nitrogen and oxygen atoms in total. The number of nitrogens with two attached hydrogens (primary N) is 1. The predicted octanol–water partition coefficient (Wildman–Crippen LogP) is 2.83. The van der Waals surface area contributed by atoms with Crippen molar-refractivity contribution in [3.8, 4) is 0 Å². The largest absolute Gasteiger partial charge is 0.417 e. The van der Waals surface area contributed by atoms with Gasteiger partial charge in [0, 0.05) is 11.2 Å². The first-order valence-corrected chi connectivity index (χ1v) is 8.38. The topological polar surface area (TPSA) is 90.1 Å². The van der Waals surface area contributed by atoms with Gasteiger partial charge in [-0.3, -0.25) is 4.79 Å². The molecule has 0 aliphatic rings. The van der Waals surface area contributed by atoms with Crippen LogP contribution in [0.2, 0.25) is 5.02 Å². The predicted molar refractivity (Wildman–Crippen MR) is 80.1 cm³/mol. The summed E-state index contributed by atoms with van der Waals surface area (Å²) in [6.07, 6.45) is -4.45. The Morgan fingerprint density at radius 2 is 1.79 bits per heavy atom. The van der Waals surface area contributed by atoms with Gasteiger partial charge in [0.15, 0.2) is 9.84 Å². The third-order valence-electron chi connectivity index (χ3n) is 3.02. The van der Waals surface area contributed by atoms with Gasteiger partial charge in [0.2, 0.25) is 0 Å². The lowest BCUT2D eigenvalue weighted by Gasteiger charge is -2.12. The normalized spacial score (nSPS) is 12.2. The number of primary amides is 1. The molecule has 128 valence electrons. The minimum Gasteiger partial charge on any atom is -0.364 e. The highest BCUT2D eigenvalue weighted by atomic mass is 35.5. The molecule has 0 saturated heterocycles. The summed E-state index contributed by atoms with van der Waals surface area (Å²) in [5.74, 6) is -1.87. The second-order valence-electron chi connectivity index (χ2n) is 4.82. The van der Waals surface area contributed by atoms with Crippen molar-refractivity contribution in [1.82, 2.24) is 4.98 Å². The van der Waals surface area contributed by atoms with Gasteiger partial charge in [0.05, 0.1) is 16.2 Å². The molecule has 1 aromatic carbocycles. The van der Waals surface area contributed by atoms with Crippen LogP contribution in [0, 0.1) is 0 Å². The summed E-state index contributed by atoms with van der Waals surface area (Å²) in [6.45, 7) is 0. The molecule has 2 aromatic rings. The Labute approximate surface area is 140 Å². The molecule has 2 rings (SSSR count). The van der Waals surface area contributed by atoms with Crippen molar-refractivity contribution in [3.05, 3.63) is 58.4 Å². The number of carbonyl (C=O) groups is 1. The van der Waals surface area contributed by atoms with Gasteiger partial charge in [-0.25, -0.2) is 13.4 Å². The Hall–Kier alpha value is -2.13. The first kappa shape index (κ1) is 18.2. The molecule has 0 aliphatic carbocycles. The fourth-order valence-electron chi connectivity index (χ4n) is 1.90. The van der Waals surface area contributed by atoms with Crippen LogP contribution in [-0.2, 0) is 21.8 Å². The molecule has 1 heterocycles. The third-order valence-corrected chi connectivity index (χ3v) is 4.97.